The number of nitrogens with zero attached hydrogens (tertiary/aromatic N) is 2. The molecule has 0 aromatic carbocycles. The highest BCUT2D eigenvalue weighted by molar-refractivity contribution is 7.98. The van der Waals surface area contributed by atoms with Crippen LogP contribution in [0.25, 0.3) is 0 Å². The molecule has 1 N–H and O–H groups in total. The number of pyridine rings is 1. The van der Waals surface area contributed by atoms with Crippen LogP contribution in [-0.2, 0) is 0 Å². The third-order valence-corrected chi connectivity index (χ3v) is 3.16. The molecule has 0 amide bonds. The molecule has 0 aliphatic rings. The van der Waals surface area contributed by atoms with Crippen LogP contribution in [0.2, 0.25) is 0 Å². The molecule has 0 fully saturated rings. The fourth-order valence-electron chi connectivity index (χ4n) is 1.39. The van der Waals surface area contributed by atoms with Gasteiger partial charge < -0.3 is 10.0 Å². The normalized spacial score (nSPS) is 12.5. The van der Waals surface area contributed by atoms with Crippen molar-refractivity contribution < 1.29 is 5.11 Å². The van der Waals surface area contributed by atoms with E-state index >= 15 is 0 Å². The van der Waals surface area contributed by atoms with Crippen LogP contribution in [0.5, 0.6) is 0 Å². The van der Waals surface area contributed by atoms with Gasteiger partial charge in [0.1, 0.15) is 0 Å². The van der Waals surface area contributed by atoms with E-state index < -0.39 is 6.10 Å². The Bertz CT molecular complexity index is 302. The first kappa shape index (κ1) is 13.3. The Morgan fingerprint density at radius 2 is 2.25 bits per heavy atom. The van der Waals surface area contributed by atoms with Gasteiger partial charge >= 0.3 is 0 Å². The van der Waals surface area contributed by atoms with Gasteiger partial charge in [-0.2, -0.15) is 11.8 Å². The predicted molar refractivity (Wildman–Crippen MR) is 71.1 cm³/mol. The van der Waals surface area contributed by atoms with E-state index in [9.17, 15) is 5.11 Å². The van der Waals surface area contributed by atoms with Crippen LogP contribution in [-0.4, -0.2) is 35.7 Å². The summed E-state index contributed by atoms with van der Waals surface area (Å²) in [6.07, 6.45) is 4.20. The summed E-state index contributed by atoms with van der Waals surface area (Å²) in [5.74, 6) is 1.11. The third kappa shape index (κ3) is 3.68. The number of rotatable bonds is 6. The second kappa shape index (κ2) is 6.76. The maximum absolute atomic E-state index is 9.62. The largest absolute Gasteiger partial charge is 0.387 e. The molecule has 0 aliphatic heterocycles. The number of thioether (sulfide) groups is 1. The van der Waals surface area contributed by atoms with Crippen molar-refractivity contribution in [2.45, 2.75) is 19.4 Å². The monoisotopic (exact) mass is 240 g/mol. The van der Waals surface area contributed by atoms with E-state index in [0.717, 1.165) is 23.7 Å². The molecular formula is C12H20N2OS. The standard InChI is InChI=1S/C12H20N2OS/c1-4-12(15)11-6-5-10(9-13-11)14(2)7-8-16-3/h5-6,9,12,15H,4,7-8H2,1-3H3/t12-/m0/s1. The van der Waals surface area contributed by atoms with Gasteiger partial charge in [0.25, 0.3) is 0 Å². The Labute approximate surface area is 102 Å². The van der Waals surface area contributed by atoms with Crippen LogP contribution in [0.3, 0.4) is 0 Å². The zero-order valence-corrected chi connectivity index (χ0v) is 11.0. The van der Waals surface area contributed by atoms with Crippen molar-refractivity contribution in [3.63, 3.8) is 0 Å². The summed E-state index contributed by atoms with van der Waals surface area (Å²) in [5.41, 5.74) is 1.85. The molecule has 1 rings (SSSR count). The number of hydrogen-bond acceptors (Lipinski definition) is 4. The Hall–Kier alpha value is -0.740. The fourth-order valence-corrected chi connectivity index (χ4v) is 1.84. The Balaban J connectivity index is 2.63. The van der Waals surface area contributed by atoms with E-state index in [1.54, 1.807) is 0 Å². The van der Waals surface area contributed by atoms with E-state index in [-0.39, 0.29) is 0 Å². The van der Waals surface area contributed by atoms with E-state index in [0.29, 0.717) is 6.42 Å². The average Bonchev–Trinajstić information content (AvgIpc) is 2.35. The van der Waals surface area contributed by atoms with E-state index in [4.69, 9.17) is 0 Å². The summed E-state index contributed by atoms with van der Waals surface area (Å²) in [7, 11) is 2.06. The van der Waals surface area contributed by atoms with Crippen LogP contribution in [0.15, 0.2) is 18.3 Å². The van der Waals surface area contributed by atoms with E-state index in [1.165, 1.54) is 0 Å². The highest BCUT2D eigenvalue weighted by Crippen LogP contribution is 2.17. The topological polar surface area (TPSA) is 36.4 Å². The van der Waals surface area contributed by atoms with Gasteiger partial charge in [0, 0.05) is 19.3 Å². The van der Waals surface area contributed by atoms with Gasteiger partial charge in [-0.25, -0.2) is 0 Å². The van der Waals surface area contributed by atoms with Crippen LogP contribution >= 0.6 is 11.8 Å². The molecule has 1 aromatic rings. The molecule has 0 bridgehead atoms. The van der Waals surface area contributed by atoms with Crippen molar-refractivity contribution in [1.82, 2.24) is 4.98 Å². The molecule has 0 unspecified atom stereocenters. The first-order chi connectivity index (χ1) is 7.69. The summed E-state index contributed by atoms with van der Waals surface area (Å²) in [4.78, 5) is 6.45. The summed E-state index contributed by atoms with van der Waals surface area (Å²) in [6.45, 7) is 2.96. The summed E-state index contributed by atoms with van der Waals surface area (Å²) in [5, 5.41) is 9.62. The Kier molecular flexibility index (Phi) is 5.63. The SMILES string of the molecule is CC[C@H](O)c1ccc(N(C)CCSC)cn1. The lowest BCUT2D eigenvalue weighted by molar-refractivity contribution is 0.169. The Morgan fingerprint density at radius 3 is 2.75 bits per heavy atom. The lowest BCUT2D eigenvalue weighted by atomic mass is 10.2. The molecule has 16 heavy (non-hydrogen) atoms. The molecule has 1 heterocycles. The lowest BCUT2D eigenvalue weighted by Gasteiger charge is -2.18. The van der Waals surface area contributed by atoms with Gasteiger partial charge in [0.05, 0.1) is 23.7 Å². The minimum atomic E-state index is -0.439. The smallest absolute Gasteiger partial charge is 0.0957 e. The van der Waals surface area contributed by atoms with Crippen LogP contribution in [0.1, 0.15) is 25.1 Å². The number of aromatic nitrogens is 1. The maximum Gasteiger partial charge on any atom is 0.0957 e. The van der Waals surface area contributed by atoms with Crippen LogP contribution < -0.4 is 4.90 Å². The fraction of sp³-hybridized carbons (Fsp3) is 0.583. The minimum Gasteiger partial charge on any atom is -0.387 e. The molecule has 0 saturated heterocycles. The van der Waals surface area contributed by atoms with Gasteiger partial charge in [0.15, 0.2) is 0 Å². The average molecular weight is 240 g/mol. The molecule has 1 atom stereocenters. The predicted octanol–water partition coefficient (Wildman–Crippen LogP) is 2.32. The lowest BCUT2D eigenvalue weighted by Crippen LogP contribution is -2.20. The minimum absolute atomic E-state index is 0.439. The third-order valence-electron chi connectivity index (χ3n) is 2.57. The number of anilines is 1. The van der Waals surface area contributed by atoms with Crippen molar-refractivity contribution in [2.24, 2.45) is 0 Å². The number of aliphatic hydroxyl groups excluding tert-OH is 1. The van der Waals surface area contributed by atoms with Crippen LogP contribution in [0, 0.1) is 0 Å². The van der Waals surface area contributed by atoms with Gasteiger partial charge in [-0.05, 0) is 24.8 Å². The second-order valence-electron chi connectivity index (χ2n) is 3.78. The van der Waals surface area contributed by atoms with Crippen molar-refractivity contribution in [3.05, 3.63) is 24.0 Å². The van der Waals surface area contributed by atoms with Gasteiger partial charge in [-0.3, -0.25) is 4.98 Å². The van der Waals surface area contributed by atoms with Crippen molar-refractivity contribution in [1.29, 1.82) is 0 Å². The van der Waals surface area contributed by atoms with Crippen molar-refractivity contribution in [2.75, 3.05) is 30.5 Å². The molecular weight excluding hydrogens is 220 g/mol. The highest BCUT2D eigenvalue weighted by Gasteiger charge is 2.07. The number of hydrogen-bond donors (Lipinski definition) is 1. The molecule has 1 aromatic heterocycles. The van der Waals surface area contributed by atoms with Gasteiger partial charge in [-0.1, -0.05) is 6.92 Å². The molecule has 3 nitrogen and oxygen atoms in total. The van der Waals surface area contributed by atoms with Gasteiger partial charge in [0.2, 0.25) is 0 Å². The zero-order valence-electron chi connectivity index (χ0n) is 10.2. The molecule has 0 saturated carbocycles. The summed E-state index contributed by atoms with van der Waals surface area (Å²) < 4.78 is 0. The quantitative estimate of drug-likeness (QED) is 0.828. The van der Waals surface area contributed by atoms with Gasteiger partial charge in [-0.15, -0.1) is 0 Å². The first-order valence-corrected chi connectivity index (χ1v) is 6.92. The molecule has 4 heteroatoms. The highest BCUT2D eigenvalue weighted by atomic mass is 32.2. The molecule has 0 aliphatic carbocycles. The first-order valence-electron chi connectivity index (χ1n) is 5.53. The van der Waals surface area contributed by atoms with Crippen LogP contribution in [0.4, 0.5) is 5.69 Å². The van der Waals surface area contributed by atoms with Crippen molar-refractivity contribution in [3.8, 4) is 0 Å². The van der Waals surface area contributed by atoms with Crippen molar-refractivity contribution >= 4 is 17.4 Å². The molecule has 0 spiro atoms. The number of aliphatic hydroxyl groups is 1. The Morgan fingerprint density at radius 1 is 1.50 bits per heavy atom. The summed E-state index contributed by atoms with van der Waals surface area (Å²) >= 11 is 1.83. The second-order valence-corrected chi connectivity index (χ2v) is 4.77. The summed E-state index contributed by atoms with van der Waals surface area (Å²) in [6, 6.07) is 3.92. The zero-order chi connectivity index (χ0) is 12.0. The van der Waals surface area contributed by atoms with E-state index in [2.05, 4.69) is 23.2 Å². The van der Waals surface area contributed by atoms with E-state index in [1.807, 2.05) is 37.0 Å². The molecule has 90 valence electrons. The molecule has 0 radical (unpaired) electrons. The maximum atomic E-state index is 9.62.